The van der Waals surface area contributed by atoms with Crippen LogP contribution in [0.1, 0.15) is 60.8 Å². The van der Waals surface area contributed by atoms with Crippen molar-refractivity contribution in [2.45, 2.75) is 49.7 Å². The van der Waals surface area contributed by atoms with Crippen LogP contribution in [0.4, 0.5) is 0 Å². The third-order valence-electron chi connectivity index (χ3n) is 10.4. The monoisotopic (exact) mass is 500 g/mol. The van der Waals surface area contributed by atoms with Gasteiger partial charge in [0.1, 0.15) is 11.2 Å². The minimum atomic E-state index is -1.13. The highest BCUT2D eigenvalue weighted by Gasteiger charge is 2.70. The lowest BCUT2D eigenvalue weighted by Gasteiger charge is -2.69. The molecule has 2 heteroatoms. The van der Waals surface area contributed by atoms with Crippen molar-refractivity contribution in [3.05, 3.63) is 144 Å². The van der Waals surface area contributed by atoms with Crippen molar-refractivity contribution in [2.75, 3.05) is 0 Å². The third kappa shape index (κ3) is 3.26. The van der Waals surface area contributed by atoms with Crippen LogP contribution < -0.4 is 0 Å². The molecular formula is C36H36O2. The smallest absolute Gasteiger partial charge is 0.120 e. The second-order valence-electron chi connectivity index (χ2n) is 12.4. The lowest BCUT2D eigenvalue weighted by molar-refractivity contribution is -0.240. The first-order valence-electron chi connectivity index (χ1n) is 14.2. The Hall–Kier alpha value is -3.20. The summed E-state index contributed by atoms with van der Waals surface area (Å²) < 4.78 is 0. The lowest BCUT2D eigenvalue weighted by atomic mass is 9.36. The quantitative estimate of drug-likeness (QED) is 0.289. The van der Waals surface area contributed by atoms with Gasteiger partial charge in [0.2, 0.25) is 0 Å². The molecule has 0 heterocycles. The highest BCUT2D eigenvalue weighted by atomic mass is 16.3. The number of aliphatic hydroxyl groups is 2. The average Bonchev–Trinajstić information content (AvgIpc) is 2.97. The van der Waals surface area contributed by atoms with Gasteiger partial charge in [0.15, 0.2) is 0 Å². The third-order valence-corrected chi connectivity index (χ3v) is 10.4. The highest BCUT2D eigenvalue weighted by Crippen LogP contribution is 2.74. The minimum Gasteiger partial charge on any atom is -0.380 e. The summed E-state index contributed by atoms with van der Waals surface area (Å²) in [6.07, 6.45) is 5.95. The molecule has 2 nitrogen and oxygen atoms in total. The normalized spacial score (nSPS) is 28.4. The summed E-state index contributed by atoms with van der Waals surface area (Å²) in [5, 5.41) is 26.3. The van der Waals surface area contributed by atoms with E-state index in [9.17, 15) is 10.2 Å². The SMILES string of the molecule is OC(c1ccccc1)(c1ccccc1)C12CC3CC(C1)CC(C(O)(c1ccccc1)c1ccccc1)(C3)C2. The van der Waals surface area contributed by atoms with Crippen molar-refractivity contribution in [1.29, 1.82) is 0 Å². The number of benzene rings is 4. The maximum absolute atomic E-state index is 13.2. The Labute approximate surface area is 226 Å². The van der Waals surface area contributed by atoms with E-state index in [1.807, 2.05) is 72.8 Å². The van der Waals surface area contributed by atoms with Crippen molar-refractivity contribution in [3.63, 3.8) is 0 Å². The summed E-state index contributed by atoms with van der Waals surface area (Å²) in [6, 6.07) is 41.2. The van der Waals surface area contributed by atoms with Gasteiger partial charge in [-0.2, -0.15) is 0 Å². The molecule has 8 rings (SSSR count). The fraction of sp³-hybridized carbons (Fsp3) is 0.333. The molecule has 4 bridgehead atoms. The first-order valence-corrected chi connectivity index (χ1v) is 14.2. The maximum atomic E-state index is 13.2. The van der Waals surface area contributed by atoms with Gasteiger partial charge in [-0.25, -0.2) is 0 Å². The second kappa shape index (κ2) is 8.66. The van der Waals surface area contributed by atoms with Crippen molar-refractivity contribution < 1.29 is 10.2 Å². The Morgan fingerprint density at radius 2 is 0.711 bits per heavy atom. The predicted octanol–water partition coefficient (Wildman–Crippen LogP) is 7.45. The lowest BCUT2D eigenvalue weighted by Crippen LogP contribution is -2.65. The van der Waals surface area contributed by atoms with Crippen molar-refractivity contribution in [3.8, 4) is 0 Å². The van der Waals surface area contributed by atoms with E-state index < -0.39 is 11.2 Å². The van der Waals surface area contributed by atoms with Crippen LogP contribution in [-0.4, -0.2) is 10.2 Å². The Morgan fingerprint density at radius 1 is 0.447 bits per heavy atom. The Bertz CT molecular complexity index is 1200. The zero-order valence-corrected chi connectivity index (χ0v) is 21.8. The van der Waals surface area contributed by atoms with Crippen LogP contribution in [0.3, 0.4) is 0 Å². The van der Waals surface area contributed by atoms with E-state index in [1.165, 1.54) is 6.42 Å². The summed E-state index contributed by atoms with van der Waals surface area (Å²) >= 11 is 0. The van der Waals surface area contributed by atoms with E-state index in [-0.39, 0.29) is 10.8 Å². The Morgan fingerprint density at radius 3 is 0.974 bits per heavy atom. The van der Waals surface area contributed by atoms with Gasteiger partial charge in [-0.3, -0.25) is 0 Å². The van der Waals surface area contributed by atoms with E-state index in [4.69, 9.17) is 0 Å². The van der Waals surface area contributed by atoms with Gasteiger partial charge in [-0.05, 0) is 72.6 Å². The van der Waals surface area contributed by atoms with Crippen LogP contribution in [0.25, 0.3) is 0 Å². The number of rotatable bonds is 6. The molecule has 4 aliphatic rings. The van der Waals surface area contributed by atoms with E-state index in [0.717, 1.165) is 54.4 Å². The fourth-order valence-corrected chi connectivity index (χ4v) is 9.38. The van der Waals surface area contributed by atoms with Gasteiger partial charge in [0.05, 0.1) is 0 Å². The molecular weight excluding hydrogens is 464 g/mol. The van der Waals surface area contributed by atoms with Crippen LogP contribution in [0.2, 0.25) is 0 Å². The van der Waals surface area contributed by atoms with E-state index in [0.29, 0.717) is 11.8 Å². The summed E-state index contributed by atoms with van der Waals surface area (Å²) in [5.41, 5.74) is 0.865. The maximum Gasteiger partial charge on any atom is 0.120 e. The molecule has 0 radical (unpaired) electrons. The zero-order valence-electron chi connectivity index (χ0n) is 21.8. The summed E-state index contributed by atoms with van der Waals surface area (Å²) in [6.45, 7) is 0. The number of hydrogen-bond acceptors (Lipinski definition) is 2. The largest absolute Gasteiger partial charge is 0.380 e. The zero-order chi connectivity index (χ0) is 25.8. The van der Waals surface area contributed by atoms with Crippen LogP contribution >= 0.6 is 0 Å². The molecule has 4 saturated carbocycles. The van der Waals surface area contributed by atoms with Crippen molar-refractivity contribution in [1.82, 2.24) is 0 Å². The molecule has 0 saturated heterocycles. The molecule has 0 unspecified atom stereocenters. The van der Waals surface area contributed by atoms with Crippen LogP contribution in [-0.2, 0) is 11.2 Å². The highest BCUT2D eigenvalue weighted by molar-refractivity contribution is 5.44. The van der Waals surface area contributed by atoms with Gasteiger partial charge >= 0.3 is 0 Å². The van der Waals surface area contributed by atoms with Crippen LogP contribution in [0, 0.1) is 22.7 Å². The summed E-state index contributed by atoms with van der Waals surface area (Å²) in [7, 11) is 0. The molecule has 0 atom stereocenters. The standard InChI is InChI=1S/C36H36O2/c37-35(29-13-5-1-6-14-29,30-15-7-2-8-16-30)33-22-27-21-28(23-33)25-34(24-27,26-33)36(38,31-17-9-3-10-18-31)32-19-11-4-12-20-32/h1-20,27-28,37-38H,21-26H2. The molecule has 0 amide bonds. The summed E-state index contributed by atoms with van der Waals surface area (Å²) in [4.78, 5) is 0. The van der Waals surface area contributed by atoms with Crippen LogP contribution in [0.15, 0.2) is 121 Å². The molecule has 4 aliphatic carbocycles. The van der Waals surface area contributed by atoms with E-state index >= 15 is 0 Å². The minimum absolute atomic E-state index is 0.364. The van der Waals surface area contributed by atoms with Gasteiger partial charge < -0.3 is 10.2 Å². The van der Waals surface area contributed by atoms with Gasteiger partial charge in [0, 0.05) is 10.8 Å². The first kappa shape index (κ1) is 23.9. The van der Waals surface area contributed by atoms with Crippen molar-refractivity contribution >= 4 is 0 Å². The predicted molar refractivity (Wildman–Crippen MR) is 151 cm³/mol. The van der Waals surface area contributed by atoms with E-state index in [1.54, 1.807) is 0 Å². The molecule has 4 aromatic carbocycles. The Kier molecular flexibility index (Phi) is 5.44. The summed E-state index contributed by atoms with van der Waals surface area (Å²) in [5.74, 6) is 0.961. The fourth-order valence-electron chi connectivity index (χ4n) is 9.38. The first-order chi connectivity index (χ1) is 18.5. The Balaban J connectivity index is 1.46. The number of hydrogen-bond donors (Lipinski definition) is 2. The van der Waals surface area contributed by atoms with E-state index in [2.05, 4.69) is 48.5 Å². The topological polar surface area (TPSA) is 40.5 Å². The molecule has 4 fully saturated rings. The van der Waals surface area contributed by atoms with Gasteiger partial charge in [0.25, 0.3) is 0 Å². The van der Waals surface area contributed by atoms with Gasteiger partial charge in [-0.1, -0.05) is 121 Å². The molecule has 0 aliphatic heterocycles. The molecule has 0 aromatic heterocycles. The van der Waals surface area contributed by atoms with Crippen molar-refractivity contribution in [2.24, 2.45) is 22.7 Å². The molecule has 4 aromatic rings. The van der Waals surface area contributed by atoms with Gasteiger partial charge in [-0.15, -0.1) is 0 Å². The molecule has 38 heavy (non-hydrogen) atoms. The average molecular weight is 501 g/mol. The molecule has 2 N–H and O–H groups in total. The molecule has 0 spiro atoms. The second-order valence-corrected chi connectivity index (χ2v) is 12.4. The van der Waals surface area contributed by atoms with Crippen LogP contribution in [0.5, 0.6) is 0 Å². The molecule has 192 valence electrons.